The number of amides is 1. The van der Waals surface area contributed by atoms with Gasteiger partial charge in [-0.05, 0) is 36.7 Å². The molecule has 0 unspecified atom stereocenters. The third-order valence-electron chi connectivity index (χ3n) is 3.31. The Kier molecular flexibility index (Phi) is 5.34. The van der Waals surface area contributed by atoms with Gasteiger partial charge in [0.15, 0.2) is 0 Å². The molecule has 4 nitrogen and oxygen atoms in total. The van der Waals surface area contributed by atoms with Crippen LogP contribution in [0.5, 0.6) is 0 Å². The van der Waals surface area contributed by atoms with Crippen molar-refractivity contribution in [3.05, 3.63) is 46.0 Å². The van der Waals surface area contributed by atoms with Gasteiger partial charge in [0, 0.05) is 11.0 Å². The van der Waals surface area contributed by atoms with Gasteiger partial charge in [-0.3, -0.25) is 9.69 Å². The monoisotopic (exact) mass is 338 g/mol. The van der Waals surface area contributed by atoms with Crippen LogP contribution in [0.1, 0.15) is 18.0 Å². The molecule has 1 aliphatic rings. The van der Waals surface area contributed by atoms with Crippen LogP contribution in [0.3, 0.4) is 0 Å². The standard InChI is InChI=1S/C15H19BrN2O2/c1-18(9-11-4-3-7-20-10-11)14(15(17)19)12-5-2-6-13(16)8-12/h2,4-6,8,14H,3,7,9-10H2,1H3,(H2,17,19)/t14-/m1/s1. The summed E-state index contributed by atoms with van der Waals surface area (Å²) in [6, 6.07) is 7.25. The first kappa shape index (κ1) is 15.2. The van der Waals surface area contributed by atoms with Gasteiger partial charge < -0.3 is 10.5 Å². The highest BCUT2D eigenvalue weighted by Crippen LogP contribution is 2.23. The van der Waals surface area contributed by atoms with Gasteiger partial charge in [-0.2, -0.15) is 0 Å². The second-order valence-electron chi connectivity index (χ2n) is 4.98. The molecule has 0 saturated carbocycles. The van der Waals surface area contributed by atoms with E-state index in [-0.39, 0.29) is 5.91 Å². The van der Waals surface area contributed by atoms with E-state index in [1.807, 2.05) is 36.2 Å². The molecular formula is C15H19BrN2O2. The number of benzene rings is 1. The summed E-state index contributed by atoms with van der Waals surface area (Å²) in [4.78, 5) is 13.8. The molecule has 0 radical (unpaired) electrons. The summed E-state index contributed by atoms with van der Waals surface area (Å²) in [5.74, 6) is -0.345. The van der Waals surface area contributed by atoms with Crippen molar-refractivity contribution in [1.29, 1.82) is 0 Å². The first-order valence-corrected chi connectivity index (χ1v) is 7.38. The largest absolute Gasteiger partial charge is 0.377 e. The van der Waals surface area contributed by atoms with Crippen molar-refractivity contribution in [2.24, 2.45) is 5.73 Å². The number of rotatable bonds is 5. The Morgan fingerprint density at radius 3 is 2.95 bits per heavy atom. The fraction of sp³-hybridized carbons (Fsp3) is 0.400. The maximum Gasteiger partial charge on any atom is 0.239 e. The number of likely N-dealkylation sites (N-methyl/N-ethyl adjacent to an activating group) is 1. The highest BCUT2D eigenvalue weighted by Gasteiger charge is 2.24. The number of primary amides is 1. The van der Waals surface area contributed by atoms with Gasteiger partial charge in [0.25, 0.3) is 0 Å². The SMILES string of the molecule is CN(CC1=CCCOC1)[C@@H](C(N)=O)c1cccc(Br)c1. The molecule has 1 aliphatic heterocycles. The zero-order valence-electron chi connectivity index (χ0n) is 11.5. The van der Waals surface area contributed by atoms with E-state index in [0.717, 1.165) is 23.1 Å². The van der Waals surface area contributed by atoms with Crippen molar-refractivity contribution in [3.8, 4) is 0 Å². The third-order valence-corrected chi connectivity index (χ3v) is 3.80. The molecule has 2 rings (SSSR count). The Hall–Kier alpha value is -1.17. The minimum absolute atomic E-state index is 0.345. The summed E-state index contributed by atoms with van der Waals surface area (Å²) >= 11 is 3.43. The number of hydrogen-bond acceptors (Lipinski definition) is 3. The number of ether oxygens (including phenoxy) is 1. The molecule has 1 amide bonds. The van der Waals surface area contributed by atoms with E-state index in [1.54, 1.807) is 0 Å². The molecule has 5 heteroatoms. The van der Waals surface area contributed by atoms with Crippen LogP contribution in [0, 0.1) is 0 Å². The van der Waals surface area contributed by atoms with Gasteiger partial charge in [-0.15, -0.1) is 0 Å². The Bertz CT molecular complexity index is 516. The molecule has 1 aromatic rings. The fourth-order valence-corrected chi connectivity index (χ4v) is 2.86. The van der Waals surface area contributed by atoms with Gasteiger partial charge in [0.05, 0.1) is 13.2 Å². The molecule has 2 N–H and O–H groups in total. The summed E-state index contributed by atoms with van der Waals surface area (Å²) in [5, 5.41) is 0. The molecule has 108 valence electrons. The van der Waals surface area contributed by atoms with E-state index < -0.39 is 6.04 Å². The average molecular weight is 339 g/mol. The third kappa shape index (κ3) is 3.91. The fourth-order valence-electron chi connectivity index (χ4n) is 2.44. The van der Waals surface area contributed by atoms with Gasteiger partial charge in [-0.25, -0.2) is 0 Å². The van der Waals surface area contributed by atoms with Crippen LogP contribution >= 0.6 is 15.9 Å². The van der Waals surface area contributed by atoms with Crippen LogP contribution in [-0.4, -0.2) is 37.6 Å². The molecule has 0 aromatic heterocycles. The Morgan fingerprint density at radius 2 is 2.35 bits per heavy atom. The summed E-state index contributed by atoms with van der Waals surface area (Å²) < 4.78 is 6.37. The highest BCUT2D eigenvalue weighted by atomic mass is 79.9. The van der Waals surface area contributed by atoms with Crippen molar-refractivity contribution in [1.82, 2.24) is 4.90 Å². The first-order valence-electron chi connectivity index (χ1n) is 6.58. The number of carbonyl (C=O) groups is 1. The van der Waals surface area contributed by atoms with Crippen molar-refractivity contribution in [3.63, 3.8) is 0 Å². The van der Waals surface area contributed by atoms with Crippen LogP contribution in [0.15, 0.2) is 40.4 Å². The van der Waals surface area contributed by atoms with Crippen LogP contribution in [-0.2, 0) is 9.53 Å². The Balaban J connectivity index is 2.15. The molecule has 0 aliphatic carbocycles. The van der Waals surface area contributed by atoms with E-state index in [0.29, 0.717) is 13.2 Å². The van der Waals surface area contributed by atoms with E-state index in [9.17, 15) is 4.79 Å². The van der Waals surface area contributed by atoms with Crippen molar-refractivity contribution in [2.75, 3.05) is 26.8 Å². The predicted molar refractivity (Wildman–Crippen MR) is 82.2 cm³/mol. The summed E-state index contributed by atoms with van der Waals surface area (Å²) in [6.45, 7) is 2.09. The molecule has 0 saturated heterocycles. The van der Waals surface area contributed by atoms with Crippen LogP contribution < -0.4 is 5.73 Å². The lowest BCUT2D eigenvalue weighted by atomic mass is 10.0. The second-order valence-corrected chi connectivity index (χ2v) is 5.89. The van der Waals surface area contributed by atoms with E-state index >= 15 is 0 Å². The van der Waals surface area contributed by atoms with Crippen molar-refractivity contribution >= 4 is 21.8 Å². The number of hydrogen-bond donors (Lipinski definition) is 1. The smallest absolute Gasteiger partial charge is 0.239 e. The highest BCUT2D eigenvalue weighted by molar-refractivity contribution is 9.10. The molecule has 1 heterocycles. The topological polar surface area (TPSA) is 55.6 Å². The molecule has 0 spiro atoms. The number of nitrogens with two attached hydrogens (primary N) is 1. The molecule has 0 fully saturated rings. The molecule has 1 aromatic carbocycles. The predicted octanol–water partition coefficient (Wildman–Crippen LogP) is 2.25. The maximum atomic E-state index is 11.8. The average Bonchev–Trinajstić information content (AvgIpc) is 2.39. The van der Waals surface area contributed by atoms with Gasteiger partial charge in [-0.1, -0.05) is 34.1 Å². The maximum absolute atomic E-state index is 11.8. The Morgan fingerprint density at radius 1 is 1.55 bits per heavy atom. The van der Waals surface area contributed by atoms with E-state index in [1.165, 1.54) is 5.57 Å². The molecule has 20 heavy (non-hydrogen) atoms. The van der Waals surface area contributed by atoms with E-state index in [2.05, 4.69) is 22.0 Å². The minimum Gasteiger partial charge on any atom is -0.377 e. The normalized spacial score (nSPS) is 16.9. The minimum atomic E-state index is -0.435. The second kappa shape index (κ2) is 7.02. The first-order chi connectivity index (χ1) is 9.58. The van der Waals surface area contributed by atoms with Crippen molar-refractivity contribution < 1.29 is 9.53 Å². The number of halogens is 1. The van der Waals surface area contributed by atoms with Gasteiger partial charge in [0.1, 0.15) is 6.04 Å². The van der Waals surface area contributed by atoms with Gasteiger partial charge in [0.2, 0.25) is 5.91 Å². The summed E-state index contributed by atoms with van der Waals surface area (Å²) in [7, 11) is 1.91. The van der Waals surface area contributed by atoms with Gasteiger partial charge >= 0.3 is 0 Å². The number of carbonyl (C=O) groups excluding carboxylic acids is 1. The molecule has 1 atom stereocenters. The zero-order valence-corrected chi connectivity index (χ0v) is 13.1. The van der Waals surface area contributed by atoms with Crippen molar-refractivity contribution in [2.45, 2.75) is 12.5 Å². The summed E-state index contributed by atoms with van der Waals surface area (Å²) in [6.07, 6.45) is 3.11. The van der Waals surface area contributed by atoms with Crippen LogP contribution in [0.4, 0.5) is 0 Å². The lowest BCUT2D eigenvalue weighted by Gasteiger charge is -2.28. The molecule has 0 bridgehead atoms. The van der Waals surface area contributed by atoms with E-state index in [4.69, 9.17) is 10.5 Å². The quantitative estimate of drug-likeness (QED) is 0.838. The zero-order chi connectivity index (χ0) is 14.5. The molecular weight excluding hydrogens is 320 g/mol. The number of nitrogens with zero attached hydrogens (tertiary/aromatic N) is 1. The lowest BCUT2D eigenvalue weighted by Crippen LogP contribution is -2.37. The summed E-state index contributed by atoms with van der Waals surface area (Å²) in [5.41, 5.74) is 7.67. The Labute approximate surface area is 127 Å². The van der Waals surface area contributed by atoms with Crippen LogP contribution in [0.25, 0.3) is 0 Å². The lowest BCUT2D eigenvalue weighted by molar-refractivity contribution is -0.122. The van der Waals surface area contributed by atoms with Crippen LogP contribution in [0.2, 0.25) is 0 Å².